The maximum absolute atomic E-state index is 12.8. The first-order chi connectivity index (χ1) is 13.6. The van der Waals surface area contributed by atoms with E-state index in [4.69, 9.17) is 10.5 Å². The van der Waals surface area contributed by atoms with Gasteiger partial charge < -0.3 is 19.8 Å². The molecule has 4 rings (SSSR count). The van der Waals surface area contributed by atoms with Crippen molar-refractivity contribution in [2.75, 3.05) is 13.1 Å². The number of hydrogen-bond acceptors (Lipinski definition) is 4. The Bertz CT molecular complexity index is 981. The second-order valence-corrected chi connectivity index (χ2v) is 7.01. The van der Waals surface area contributed by atoms with E-state index in [1.54, 1.807) is 23.1 Å². The summed E-state index contributed by atoms with van der Waals surface area (Å²) in [5, 5.41) is 0. The number of hydrogen-bond donors (Lipinski definition) is 1. The van der Waals surface area contributed by atoms with Crippen LogP contribution in [0.5, 0.6) is 5.75 Å². The van der Waals surface area contributed by atoms with Crippen LogP contribution in [0, 0.1) is 5.92 Å². The van der Waals surface area contributed by atoms with Gasteiger partial charge in [0.15, 0.2) is 0 Å². The first-order valence-corrected chi connectivity index (χ1v) is 9.34. The van der Waals surface area contributed by atoms with Crippen molar-refractivity contribution in [1.82, 2.24) is 14.3 Å². The molecule has 0 aliphatic carbocycles. The van der Waals surface area contributed by atoms with Crippen LogP contribution in [-0.4, -0.2) is 39.2 Å². The summed E-state index contributed by atoms with van der Waals surface area (Å²) in [4.78, 5) is 30.5. The molecule has 2 aromatic heterocycles. The summed E-state index contributed by atoms with van der Waals surface area (Å²) in [7, 11) is 0. The molecule has 3 aromatic rings. The number of carbonyl (C=O) groups is 2. The van der Waals surface area contributed by atoms with Crippen molar-refractivity contribution in [2.45, 2.75) is 19.4 Å². The maximum atomic E-state index is 12.8. The third-order valence-corrected chi connectivity index (χ3v) is 4.99. The third kappa shape index (κ3) is 3.83. The topological polar surface area (TPSA) is 89.9 Å². The normalized spacial score (nSPS) is 16.9. The first kappa shape index (κ1) is 18.0. The summed E-state index contributed by atoms with van der Waals surface area (Å²) in [6, 6.07) is 12.9. The van der Waals surface area contributed by atoms with Crippen LogP contribution in [0.15, 0.2) is 54.9 Å². The lowest BCUT2D eigenvalue weighted by molar-refractivity contribution is -0.123. The number of aromatic nitrogens is 2. The standard InChI is InChI=1S/C21H22N4O3/c22-20(26)16-6-4-10-25(12-16)21(27)15-5-3-7-18(11-15)28-14-17-13-24-9-2-1-8-19(24)23-17/h1-3,5,7-9,11,13,16H,4,6,10,12,14H2,(H2,22,26). The van der Waals surface area contributed by atoms with Gasteiger partial charge in [-0.1, -0.05) is 12.1 Å². The Kier molecular flexibility index (Phi) is 4.97. The summed E-state index contributed by atoms with van der Waals surface area (Å²) in [6.45, 7) is 1.32. The number of pyridine rings is 1. The van der Waals surface area contributed by atoms with Gasteiger partial charge in [-0.05, 0) is 43.2 Å². The molecule has 7 heteroatoms. The largest absolute Gasteiger partial charge is 0.487 e. The minimum atomic E-state index is -0.345. The molecule has 2 N–H and O–H groups in total. The summed E-state index contributed by atoms with van der Waals surface area (Å²) >= 11 is 0. The molecule has 7 nitrogen and oxygen atoms in total. The van der Waals surface area contributed by atoms with Gasteiger partial charge in [0.2, 0.25) is 5.91 Å². The maximum Gasteiger partial charge on any atom is 0.254 e. The van der Waals surface area contributed by atoms with E-state index in [9.17, 15) is 9.59 Å². The van der Waals surface area contributed by atoms with E-state index >= 15 is 0 Å². The molecule has 1 fully saturated rings. The molecule has 1 aliphatic heterocycles. The number of piperidine rings is 1. The van der Waals surface area contributed by atoms with Crippen LogP contribution in [0.25, 0.3) is 5.65 Å². The highest BCUT2D eigenvalue weighted by Gasteiger charge is 2.27. The van der Waals surface area contributed by atoms with Crippen LogP contribution in [0.4, 0.5) is 0 Å². The van der Waals surface area contributed by atoms with Crippen molar-refractivity contribution in [1.29, 1.82) is 0 Å². The monoisotopic (exact) mass is 378 g/mol. The summed E-state index contributed by atoms with van der Waals surface area (Å²) in [5.41, 5.74) is 7.62. The SMILES string of the molecule is NC(=O)C1CCCN(C(=O)c2cccc(OCc3cn4ccccc4n3)c2)C1. The Hall–Kier alpha value is -3.35. The minimum Gasteiger partial charge on any atom is -0.487 e. The highest BCUT2D eigenvalue weighted by molar-refractivity contribution is 5.95. The molecular weight excluding hydrogens is 356 g/mol. The fourth-order valence-corrected chi connectivity index (χ4v) is 3.51. The molecule has 1 saturated heterocycles. The second-order valence-electron chi connectivity index (χ2n) is 7.01. The Balaban J connectivity index is 1.43. The summed E-state index contributed by atoms with van der Waals surface area (Å²) in [6.07, 6.45) is 5.37. The average Bonchev–Trinajstić information content (AvgIpc) is 3.15. The fraction of sp³-hybridized carbons (Fsp3) is 0.286. The molecule has 0 radical (unpaired) electrons. The van der Waals surface area contributed by atoms with E-state index in [0.29, 0.717) is 31.0 Å². The average molecular weight is 378 g/mol. The highest BCUT2D eigenvalue weighted by Crippen LogP contribution is 2.21. The predicted octanol–water partition coefficient (Wildman–Crippen LogP) is 2.25. The third-order valence-electron chi connectivity index (χ3n) is 4.99. The fourth-order valence-electron chi connectivity index (χ4n) is 3.51. The molecule has 1 aliphatic rings. The highest BCUT2D eigenvalue weighted by atomic mass is 16.5. The van der Waals surface area contributed by atoms with Crippen molar-refractivity contribution in [3.63, 3.8) is 0 Å². The number of benzene rings is 1. The molecule has 0 bridgehead atoms. The smallest absolute Gasteiger partial charge is 0.254 e. The number of nitrogens with zero attached hydrogens (tertiary/aromatic N) is 3. The molecule has 1 atom stereocenters. The van der Waals surface area contributed by atoms with Gasteiger partial charge >= 0.3 is 0 Å². The van der Waals surface area contributed by atoms with Gasteiger partial charge in [-0.15, -0.1) is 0 Å². The van der Waals surface area contributed by atoms with Crippen molar-refractivity contribution in [3.8, 4) is 5.75 Å². The summed E-state index contributed by atoms with van der Waals surface area (Å²) in [5.74, 6) is -0.121. The number of primary amides is 1. The van der Waals surface area contributed by atoms with E-state index in [-0.39, 0.29) is 17.7 Å². The lowest BCUT2D eigenvalue weighted by Crippen LogP contribution is -2.44. The zero-order valence-corrected chi connectivity index (χ0v) is 15.5. The number of nitrogens with two attached hydrogens (primary N) is 1. The molecule has 3 heterocycles. The molecule has 28 heavy (non-hydrogen) atoms. The number of likely N-dealkylation sites (tertiary alicyclic amines) is 1. The van der Waals surface area contributed by atoms with Crippen molar-refractivity contribution in [2.24, 2.45) is 11.7 Å². The van der Waals surface area contributed by atoms with Gasteiger partial charge in [0, 0.05) is 31.0 Å². The molecule has 0 spiro atoms. The second kappa shape index (κ2) is 7.72. The van der Waals surface area contributed by atoms with Gasteiger partial charge in [0.05, 0.1) is 11.6 Å². The number of ether oxygens (including phenoxy) is 1. The molecular formula is C21H22N4O3. The quantitative estimate of drug-likeness (QED) is 0.737. The predicted molar refractivity (Wildman–Crippen MR) is 104 cm³/mol. The van der Waals surface area contributed by atoms with Crippen molar-refractivity contribution >= 4 is 17.5 Å². The van der Waals surface area contributed by atoms with E-state index in [2.05, 4.69) is 4.98 Å². The number of carbonyl (C=O) groups excluding carboxylic acids is 2. The number of amides is 2. The number of imidazole rings is 1. The first-order valence-electron chi connectivity index (χ1n) is 9.34. The zero-order valence-electron chi connectivity index (χ0n) is 15.5. The molecule has 0 saturated carbocycles. The molecule has 1 unspecified atom stereocenters. The lowest BCUT2D eigenvalue weighted by Gasteiger charge is -2.31. The van der Waals surface area contributed by atoms with Crippen molar-refractivity contribution < 1.29 is 14.3 Å². The van der Waals surface area contributed by atoms with Gasteiger partial charge in [0.1, 0.15) is 18.0 Å². The molecule has 2 amide bonds. The van der Waals surface area contributed by atoms with E-state index in [1.165, 1.54) is 0 Å². The zero-order chi connectivity index (χ0) is 19.5. The lowest BCUT2D eigenvalue weighted by atomic mass is 9.97. The van der Waals surface area contributed by atoms with Crippen LogP contribution in [0.1, 0.15) is 28.9 Å². The van der Waals surface area contributed by atoms with Crippen molar-refractivity contribution in [3.05, 3.63) is 66.1 Å². The van der Waals surface area contributed by atoms with Crippen LogP contribution in [0.2, 0.25) is 0 Å². The Labute approximate surface area is 162 Å². The number of fused-ring (bicyclic) bond motifs is 1. The van der Waals surface area contributed by atoms with Gasteiger partial charge in [0.25, 0.3) is 5.91 Å². The molecule has 1 aromatic carbocycles. The van der Waals surface area contributed by atoms with E-state index < -0.39 is 0 Å². The Morgan fingerprint density at radius 1 is 1.21 bits per heavy atom. The van der Waals surface area contributed by atoms with Crippen LogP contribution >= 0.6 is 0 Å². The Morgan fingerprint density at radius 3 is 2.93 bits per heavy atom. The van der Waals surface area contributed by atoms with E-state index in [1.807, 2.05) is 41.1 Å². The van der Waals surface area contributed by atoms with Gasteiger partial charge in [-0.25, -0.2) is 4.98 Å². The van der Waals surface area contributed by atoms with Crippen LogP contribution < -0.4 is 10.5 Å². The van der Waals surface area contributed by atoms with Crippen LogP contribution in [0.3, 0.4) is 0 Å². The minimum absolute atomic E-state index is 0.107. The van der Waals surface area contributed by atoms with Gasteiger partial charge in [-0.2, -0.15) is 0 Å². The Morgan fingerprint density at radius 2 is 2.11 bits per heavy atom. The number of rotatable bonds is 5. The van der Waals surface area contributed by atoms with Gasteiger partial charge in [-0.3, -0.25) is 9.59 Å². The van der Waals surface area contributed by atoms with E-state index in [0.717, 1.165) is 24.2 Å². The molecule has 144 valence electrons. The summed E-state index contributed by atoms with van der Waals surface area (Å²) < 4.78 is 7.77. The van der Waals surface area contributed by atoms with Crippen LogP contribution in [-0.2, 0) is 11.4 Å².